The van der Waals surface area contributed by atoms with Crippen LogP contribution in [-0.2, 0) is 16.2 Å². The summed E-state index contributed by atoms with van der Waals surface area (Å²) in [6.07, 6.45) is 0. The minimum atomic E-state index is -0.567. The van der Waals surface area contributed by atoms with Crippen LogP contribution in [0.4, 0.5) is 17.1 Å². The smallest absolute Gasteiger partial charge is 0.0714 e. The molecule has 0 aromatic heterocycles. The molecular formula is C76H53N. The van der Waals surface area contributed by atoms with Crippen LogP contribution in [0.2, 0.25) is 0 Å². The van der Waals surface area contributed by atoms with E-state index < -0.39 is 10.8 Å². The largest absolute Gasteiger partial charge is 0.310 e. The van der Waals surface area contributed by atoms with Crippen LogP contribution in [0.1, 0.15) is 68.1 Å². The monoisotopic (exact) mass is 979 g/mol. The Hall–Kier alpha value is -9.56. The zero-order valence-corrected chi connectivity index (χ0v) is 42.8. The number of fused-ring (bicyclic) bond motifs is 9. The van der Waals surface area contributed by atoms with Crippen LogP contribution in [0.3, 0.4) is 0 Å². The van der Waals surface area contributed by atoms with Gasteiger partial charge in [-0.25, -0.2) is 0 Å². The second-order valence-electron chi connectivity index (χ2n) is 21.2. The summed E-state index contributed by atoms with van der Waals surface area (Å²) in [6, 6.07) is 113. The first kappa shape index (κ1) is 44.9. The van der Waals surface area contributed by atoms with Crippen molar-refractivity contribution in [1.29, 1.82) is 0 Å². The molecule has 1 nitrogen and oxygen atoms in total. The lowest BCUT2D eigenvalue weighted by molar-refractivity contribution is 0.714. The van der Waals surface area contributed by atoms with Gasteiger partial charge < -0.3 is 4.90 Å². The van der Waals surface area contributed by atoms with Gasteiger partial charge in [-0.15, -0.1) is 0 Å². The van der Waals surface area contributed by atoms with Crippen molar-refractivity contribution in [2.24, 2.45) is 0 Å². The Balaban J connectivity index is 0.968. The fourth-order valence-electron chi connectivity index (χ4n) is 14.2. The molecule has 0 aliphatic heterocycles. The summed E-state index contributed by atoms with van der Waals surface area (Å²) in [5.74, 6) is 0. The first-order valence-corrected chi connectivity index (χ1v) is 27.0. The normalized spacial score (nSPS) is 15.6. The molecule has 0 amide bonds. The van der Waals surface area contributed by atoms with Gasteiger partial charge in [-0.3, -0.25) is 0 Å². The van der Waals surface area contributed by atoms with Gasteiger partial charge in [0.1, 0.15) is 0 Å². The summed E-state index contributed by atoms with van der Waals surface area (Å²) in [7, 11) is 0. The van der Waals surface area contributed by atoms with E-state index >= 15 is 0 Å². The number of hydrogen-bond acceptors (Lipinski definition) is 1. The van der Waals surface area contributed by atoms with Crippen LogP contribution in [0.5, 0.6) is 0 Å². The highest BCUT2D eigenvalue weighted by atomic mass is 15.1. The van der Waals surface area contributed by atoms with Crippen LogP contribution in [-0.4, -0.2) is 0 Å². The van der Waals surface area contributed by atoms with E-state index in [1.165, 1.54) is 106 Å². The van der Waals surface area contributed by atoms with Gasteiger partial charge in [0.25, 0.3) is 0 Å². The number of nitrogens with zero attached hydrogens (tertiary/aromatic N) is 1. The second-order valence-corrected chi connectivity index (χ2v) is 21.2. The molecular weight excluding hydrogens is 927 g/mol. The zero-order valence-electron chi connectivity index (χ0n) is 42.8. The summed E-state index contributed by atoms with van der Waals surface area (Å²) in [4.78, 5) is 2.54. The minimum absolute atomic E-state index is 0.291. The van der Waals surface area contributed by atoms with Crippen molar-refractivity contribution in [1.82, 2.24) is 0 Å². The van der Waals surface area contributed by atoms with Crippen LogP contribution >= 0.6 is 0 Å². The third kappa shape index (κ3) is 6.41. The van der Waals surface area contributed by atoms with E-state index in [2.05, 4.69) is 315 Å². The van der Waals surface area contributed by atoms with Crippen LogP contribution < -0.4 is 4.90 Å². The molecule has 12 aromatic carbocycles. The number of benzene rings is 12. The van der Waals surface area contributed by atoms with Gasteiger partial charge in [0.2, 0.25) is 0 Å². The molecule has 0 spiro atoms. The summed E-state index contributed by atoms with van der Waals surface area (Å²) in [6.45, 7) is 2.40. The average Bonchev–Trinajstić information content (AvgIpc) is 3.96. The van der Waals surface area contributed by atoms with Crippen molar-refractivity contribution in [2.75, 3.05) is 4.90 Å². The molecule has 1 atom stereocenters. The maximum Gasteiger partial charge on any atom is 0.0714 e. The average molecular weight is 980 g/mol. The second kappa shape index (κ2) is 17.5. The first-order valence-electron chi connectivity index (χ1n) is 27.0. The lowest BCUT2D eigenvalue weighted by Crippen LogP contribution is -2.29. The highest BCUT2D eigenvalue weighted by Gasteiger charge is 2.49. The Bertz CT molecular complexity index is 4120. The van der Waals surface area contributed by atoms with E-state index in [4.69, 9.17) is 0 Å². The van der Waals surface area contributed by atoms with Crippen molar-refractivity contribution in [2.45, 2.75) is 23.2 Å². The van der Waals surface area contributed by atoms with Crippen LogP contribution in [0, 0.1) is 0 Å². The molecule has 77 heavy (non-hydrogen) atoms. The van der Waals surface area contributed by atoms with Crippen LogP contribution in [0.25, 0.3) is 44.5 Å². The van der Waals surface area contributed by atoms with Crippen molar-refractivity contribution in [3.8, 4) is 44.5 Å². The quantitative estimate of drug-likeness (QED) is 0.139. The predicted molar refractivity (Wildman–Crippen MR) is 319 cm³/mol. The fraction of sp³-hybridized carbons (Fsp3) is 0.0526. The van der Waals surface area contributed by atoms with Crippen molar-refractivity contribution in [3.63, 3.8) is 0 Å². The van der Waals surface area contributed by atoms with E-state index in [-0.39, 0.29) is 5.41 Å². The molecule has 1 heteroatoms. The SMILES string of the molecule is CC1(c2ccccc2)c2ccccc2-c2ccc(-c3ccc(N(c4ccc5c(c4)C(c4ccccc4)(c4ccccc4)c4ccccc4-5)c4cccc5c4-c4ccccc4C5(c4ccccc4)c4ccccc4)cc3)cc21. The Morgan fingerprint density at radius 2 is 0.636 bits per heavy atom. The third-order valence-electron chi connectivity index (χ3n) is 17.5. The van der Waals surface area contributed by atoms with Gasteiger partial charge in [0.05, 0.1) is 16.5 Å². The highest BCUT2D eigenvalue weighted by Crippen LogP contribution is 2.62. The molecule has 0 N–H and O–H groups in total. The van der Waals surface area contributed by atoms with E-state index in [1.807, 2.05) is 0 Å². The molecule has 1 unspecified atom stereocenters. The summed E-state index contributed by atoms with van der Waals surface area (Å²) in [5, 5.41) is 0. The van der Waals surface area contributed by atoms with E-state index in [0.717, 1.165) is 17.1 Å². The standard InChI is InChI=1S/C76H53N/c1-74(54-24-7-2-8-25-54)66-37-20-17-34-61(66)63-48-44-53(50-70(63)74)52-42-45-59(46-43-52)77(60-47-49-64-62-35-18-21-38-67(62)76(71(64)51-60,57-30-13-5-14-31-57)58-32-15-6-16-33-58)72-41-23-40-69-73(72)65-36-19-22-39-68(65)75(69,55-26-9-3-10-27-55)56-28-11-4-12-29-56/h2-51H,1H3. The van der Waals surface area contributed by atoms with E-state index in [0.29, 0.717) is 0 Å². The maximum absolute atomic E-state index is 2.54. The predicted octanol–water partition coefficient (Wildman–Crippen LogP) is 18.9. The summed E-state index contributed by atoms with van der Waals surface area (Å²) in [5.41, 5.74) is 26.0. The van der Waals surface area contributed by atoms with Crippen LogP contribution in [0.15, 0.2) is 303 Å². The molecule has 362 valence electrons. The lowest BCUT2D eigenvalue weighted by atomic mass is 9.67. The van der Waals surface area contributed by atoms with Crippen molar-refractivity contribution in [3.05, 3.63) is 365 Å². The molecule has 0 fully saturated rings. The number of hydrogen-bond donors (Lipinski definition) is 0. The summed E-state index contributed by atoms with van der Waals surface area (Å²) < 4.78 is 0. The number of rotatable bonds is 9. The fourth-order valence-corrected chi connectivity index (χ4v) is 14.2. The van der Waals surface area contributed by atoms with Gasteiger partial charge in [-0.05, 0) is 143 Å². The summed E-state index contributed by atoms with van der Waals surface area (Å²) >= 11 is 0. The van der Waals surface area contributed by atoms with E-state index in [1.54, 1.807) is 0 Å². The lowest BCUT2D eigenvalue weighted by Gasteiger charge is -2.35. The third-order valence-corrected chi connectivity index (χ3v) is 17.5. The molecule has 12 aromatic rings. The Morgan fingerprint density at radius 3 is 1.21 bits per heavy atom. The molecule has 3 aliphatic rings. The van der Waals surface area contributed by atoms with Crippen molar-refractivity contribution < 1.29 is 0 Å². The zero-order chi connectivity index (χ0) is 51.1. The topological polar surface area (TPSA) is 3.24 Å². The Labute approximate surface area is 451 Å². The van der Waals surface area contributed by atoms with Gasteiger partial charge in [-0.2, -0.15) is 0 Å². The van der Waals surface area contributed by atoms with Crippen molar-refractivity contribution >= 4 is 17.1 Å². The molecule has 0 saturated carbocycles. The minimum Gasteiger partial charge on any atom is -0.310 e. The molecule has 15 rings (SSSR count). The molecule has 0 saturated heterocycles. The molecule has 0 bridgehead atoms. The van der Waals surface area contributed by atoms with Gasteiger partial charge in [0.15, 0.2) is 0 Å². The molecule has 0 heterocycles. The molecule has 3 aliphatic carbocycles. The van der Waals surface area contributed by atoms with E-state index in [9.17, 15) is 0 Å². The van der Waals surface area contributed by atoms with Gasteiger partial charge in [0, 0.05) is 22.4 Å². The molecule has 0 radical (unpaired) electrons. The Kier molecular flexibility index (Phi) is 10.2. The Morgan fingerprint density at radius 1 is 0.247 bits per heavy atom. The number of anilines is 3. The van der Waals surface area contributed by atoms with Gasteiger partial charge in [-0.1, -0.05) is 267 Å². The highest BCUT2D eigenvalue weighted by molar-refractivity contribution is 5.99. The maximum atomic E-state index is 2.54. The first-order chi connectivity index (χ1) is 38.1. The van der Waals surface area contributed by atoms with Gasteiger partial charge >= 0.3 is 0 Å².